The number of hydrogen-bond acceptors (Lipinski definition) is 2. The van der Waals surface area contributed by atoms with Gasteiger partial charge in [0.1, 0.15) is 5.88 Å². The maximum absolute atomic E-state index is 11.4. The Morgan fingerprint density at radius 2 is 2.00 bits per heavy atom. The normalized spacial score (nSPS) is 9.47. The zero-order valence-corrected chi connectivity index (χ0v) is 8.97. The number of rotatable bonds is 3. The SMILES string of the molecule is CNC(=O)c1ccccc1NC(=O)CCl. The van der Waals surface area contributed by atoms with Crippen molar-refractivity contribution in [2.24, 2.45) is 0 Å². The maximum Gasteiger partial charge on any atom is 0.253 e. The Morgan fingerprint density at radius 1 is 1.33 bits per heavy atom. The Balaban J connectivity index is 2.96. The number of hydrogen-bond donors (Lipinski definition) is 2. The average molecular weight is 227 g/mol. The summed E-state index contributed by atoms with van der Waals surface area (Å²) in [7, 11) is 1.53. The molecule has 5 heteroatoms. The first-order chi connectivity index (χ1) is 7.19. The molecule has 2 amide bonds. The minimum absolute atomic E-state index is 0.137. The van der Waals surface area contributed by atoms with Gasteiger partial charge in [-0.15, -0.1) is 11.6 Å². The molecule has 0 aliphatic heterocycles. The van der Waals surface area contributed by atoms with Gasteiger partial charge in [-0.05, 0) is 12.1 Å². The van der Waals surface area contributed by atoms with Crippen LogP contribution in [0.1, 0.15) is 10.4 Å². The lowest BCUT2D eigenvalue weighted by Crippen LogP contribution is -2.21. The molecule has 1 aromatic rings. The molecule has 0 aliphatic rings. The van der Waals surface area contributed by atoms with Crippen molar-refractivity contribution in [3.63, 3.8) is 0 Å². The van der Waals surface area contributed by atoms with Gasteiger partial charge in [0, 0.05) is 7.05 Å². The smallest absolute Gasteiger partial charge is 0.253 e. The Kier molecular flexibility index (Phi) is 4.12. The highest BCUT2D eigenvalue weighted by Crippen LogP contribution is 2.14. The van der Waals surface area contributed by atoms with E-state index >= 15 is 0 Å². The monoisotopic (exact) mass is 226 g/mol. The number of para-hydroxylation sites is 1. The summed E-state index contributed by atoms with van der Waals surface area (Å²) < 4.78 is 0. The molecule has 0 atom stereocenters. The molecule has 0 spiro atoms. The lowest BCUT2D eigenvalue weighted by molar-refractivity contribution is -0.113. The van der Waals surface area contributed by atoms with Crippen LogP contribution in [0.15, 0.2) is 24.3 Å². The number of nitrogens with one attached hydrogen (secondary N) is 2. The molecule has 1 rings (SSSR count). The quantitative estimate of drug-likeness (QED) is 0.762. The molecular formula is C10H11ClN2O2. The molecule has 0 saturated heterocycles. The van der Waals surface area contributed by atoms with E-state index in [1.54, 1.807) is 24.3 Å². The summed E-state index contributed by atoms with van der Waals surface area (Å²) in [6.07, 6.45) is 0. The van der Waals surface area contributed by atoms with Gasteiger partial charge in [-0.25, -0.2) is 0 Å². The molecule has 2 N–H and O–H groups in total. The molecule has 1 aromatic carbocycles. The fourth-order valence-electron chi connectivity index (χ4n) is 1.11. The third-order valence-electron chi connectivity index (χ3n) is 1.79. The van der Waals surface area contributed by atoms with Gasteiger partial charge in [-0.3, -0.25) is 9.59 Å². The first-order valence-corrected chi connectivity index (χ1v) is 4.89. The second-order valence-corrected chi connectivity index (χ2v) is 3.07. The van der Waals surface area contributed by atoms with Crippen LogP contribution in [0.2, 0.25) is 0 Å². The number of carbonyl (C=O) groups excluding carboxylic acids is 2. The van der Waals surface area contributed by atoms with Gasteiger partial charge >= 0.3 is 0 Å². The third-order valence-corrected chi connectivity index (χ3v) is 2.04. The number of anilines is 1. The van der Waals surface area contributed by atoms with E-state index in [9.17, 15) is 9.59 Å². The van der Waals surface area contributed by atoms with E-state index in [0.29, 0.717) is 11.3 Å². The summed E-state index contributed by atoms with van der Waals surface area (Å²) in [6.45, 7) is 0. The van der Waals surface area contributed by atoms with Crippen molar-refractivity contribution in [3.8, 4) is 0 Å². The molecule has 15 heavy (non-hydrogen) atoms. The molecule has 0 bridgehead atoms. The predicted molar refractivity (Wildman–Crippen MR) is 59.2 cm³/mol. The molecule has 0 aromatic heterocycles. The van der Waals surface area contributed by atoms with E-state index in [1.165, 1.54) is 7.05 Å². The molecule has 0 heterocycles. The molecular weight excluding hydrogens is 216 g/mol. The number of alkyl halides is 1. The Hall–Kier alpha value is -1.55. The summed E-state index contributed by atoms with van der Waals surface area (Å²) >= 11 is 5.36. The van der Waals surface area contributed by atoms with E-state index in [4.69, 9.17) is 11.6 Å². The van der Waals surface area contributed by atoms with Crippen molar-refractivity contribution in [3.05, 3.63) is 29.8 Å². The Labute approximate surface area is 92.6 Å². The van der Waals surface area contributed by atoms with Gasteiger partial charge in [-0.2, -0.15) is 0 Å². The third kappa shape index (κ3) is 2.95. The highest BCUT2D eigenvalue weighted by molar-refractivity contribution is 6.29. The Morgan fingerprint density at radius 3 is 2.60 bits per heavy atom. The van der Waals surface area contributed by atoms with Crippen LogP contribution >= 0.6 is 11.6 Å². The Bertz CT molecular complexity index is 379. The number of carbonyl (C=O) groups is 2. The van der Waals surface area contributed by atoms with Crippen LogP contribution < -0.4 is 10.6 Å². The molecule has 0 fully saturated rings. The van der Waals surface area contributed by atoms with E-state index in [2.05, 4.69) is 10.6 Å². The van der Waals surface area contributed by atoms with Crippen LogP contribution in [0.3, 0.4) is 0 Å². The summed E-state index contributed by atoms with van der Waals surface area (Å²) in [4.78, 5) is 22.5. The fraction of sp³-hybridized carbons (Fsp3) is 0.200. The molecule has 0 saturated carbocycles. The summed E-state index contributed by atoms with van der Waals surface area (Å²) in [5.74, 6) is -0.726. The van der Waals surface area contributed by atoms with E-state index < -0.39 is 0 Å². The van der Waals surface area contributed by atoms with Gasteiger partial charge < -0.3 is 10.6 Å². The van der Waals surface area contributed by atoms with Crippen LogP contribution in [0, 0.1) is 0 Å². The van der Waals surface area contributed by atoms with E-state index in [1.807, 2.05) is 0 Å². The van der Waals surface area contributed by atoms with Crippen LogP contribution in [-0.4, -0.2) is 24.7 Å². The first-order valence-electron chi connectivity index (χ1n) is 4.36. The first kappa shape index (κ1) is 11.5. The van der Waals surface area contributed by atoms with Gasteiger partial charge in [0.15, 0.2) is 0 Å². The van der Waals surface area contributed by atoms with Crippen molar-refractivity contribution >= 4 is 29.1 Å². The topological polar surface area (TPSA) is 58.2 Å². The molecule has 0 aliphatic carbocycles. The van der Waals surface area contributed by atoms with Crippen molar-refractivity contribution in [1.29, 1.82) is 0 Å². The predicted octanol–water partition coefficient (Wildman–Crippen LogP) is 1.22. The standard InChI is InChI=1S/C10H11ClN2O2/c1-12-10(15)7-4-2-3-5-8(7)13-9(14)6-11/h2-5H,6H2,1H3,(H,12,15)(H,13,14). The van der Waals surface area contributed by atoms with Crippen LogP contribution in [0.4, 0.5) is 5.69 Å². The average Bonchev–Trinajstić information content (AvgIpc) is 2.28. The summed E-state index contributed by atoms with van der Waals surface area (Å²) in [5, 5.41) is 5.03. The minimum Gasteiger partial charge on any atom is -0.355 e. The lowest BCUT2D eigenvalue weighted by Gasteiger charge is -2.08. The van der Waals surface area contributed by atoms with E-state index in [-0.39, 0.29) is 17.7 Å². The number of amides is 2. The highest BCUT2D eigenvalue weighted by atomic mass is 35.5. The van der Waals surface area contributed by atoms with Crippen molar-refractivity contribution < 1.29 is 9.59 Å². The van der Waals surface area contributed by atoms with Gasteiger partial charge in [-0.1, -0.05) is 12.1 Å². The molecule has 4 nitrogen and oxygen atoms in total. The van der Waals surface area contributed by atoms with Crippen molar-refractivity contribution in [2.75, 3.05) is 18.2 Å². The second-order valence-electron chi connectivity index (χ2n) is 2.81. The zero-order chi connectivity index (χ0) is 11.3. The zero-order valence-electron chi connectivity index (χ0n) is 8.21. The number of halogens is 1. The van der Waals surface area contributed by atoms with Crippen LogP contribution in [0.5, 0.6) is 0 Å². The van der Waals surface area contributed by atoms with Gasteiger partial charge in [0.05, 0.1) is 11.3 Å². The maximum atomic E-state index is 11.4. The fourth-order valence-corrected chi connectivity index (χ4v) is 1.18. The molecule has 0 radical (unpaired) electrons. The number of benzene rings is 1. The second kappa shape index (κ2) is 5.36. The highest BCUT2D eigenvalue weighted by Gasteiger charge is 2.10. The minimum atomic E-state index is -0.340. The molecule has 80 valence electrons. The molecule has 0 unspecified atom stereocenters. The van der Waals surface area contributed by atoms with Crippen LogP contribution in [-0.2, 0) is 4.79 Å². The van der Waals surface area contributed by atoms with Gasteiger partial charge in [0.2, 0.25) is 5.91 Å². The van der Waals surface area contributed by atoms with Crippen LogP contribution in [0.25, 0.3) is 0 Å². The van der Waals surface area contributed by atoms with Crippen molar-refractivity contribution in [2.45, 2.75) is 0 Å². The van der Waals surface area contributed by atoms with Gasteiger partial charge in [0.25, 0.3) is 5.91 Å². The largest absolute Gasteiger partial charge is 0.355 e. The van der Waals surface area contributed by atoms with E-state index in [0.717, 1.165) is 0 Å². The summed E-state index contributed by atoms with van der Waals surface area (Å²) in [5.41, 5.74) is 0.876. The van der Waals surface area contributed by atoms with Crippen molar-refractivity contribution in [1.82, 2.24) is 5.32 Å². The lowest BCUT2D eigenvalue weighted by atomic mass is 10.1. The summed E-state index contributed by atoms with van der Waals surface area (Å²) in [6, 6.07) is 6.73.